The van der Waals surface area contributed by atoms with Gasteiger partial charge >= 0.3 is 0 Å². The zero-order valence-electron chi connectivity index (χ0n) is 16.6. The summed E-state index contributed by atoms with van der Waals surface area (Å²) in [6.45, 7) is 3.66. The maximum atomic E-state index is 12.9. The van der Waals surface area contributed by atoms with Crippen LogP contribution in [0, 0.1) is 30.1 Å². The van der Waals surface area contributed by atoms with E-state index in [2.05, 4.69) is 10.6 Å². The van der Waals surface area contributed by atoms with Crippen molar-refractivity contribution < 1.29 is 27.3 Å². The lowest BCUT2D eigenvalue weighted by Crippen LogP contribution is -3.00. The average Bonchev–Trinajstić information content (AvgIpc) is 2.56. The Hall–Kier alpha value is -1.26. The Labute approximate surface area is 169 Å². The summed E-state index contributed by atoms with van der Waals surface area (Å²) in [7, 11) is 2.04. The molecule has 0 radical (unpaired) electrons. The molecule has 1 aromatic rings. The number of ether oxygens (including phenoxy) is 1. The first-order chi connectivity index (χ1) is 12.5. The van der Waals surface area contributed by atoms with Crippen molar-refractivity contribution in [2.45, 2.75) is 51.9 Å². The lowest BCUT2D eigenvalue weighted by atomic mass is 9.49. The van der Waals surface area contributed by atoms with E-state index in [1.807, 2.05) is 32.2 Å². The maximum absolute atomic E-state index is 12.9. The molecule has 0 atom stereocenters. The van der Waals surface area contributed by atoms with Crippen LogP contribution in [0.15, 0.2) is 18.2 Å². The van der Waals surface area contributed by atoms with Crippen LogP contribution in [-0.2, 0) is 4.79 Å². The van der Waals surface area contributed by atoms with Gasteiger partial charge in [-0.3, -0.25) is 4.79 Å². The molecule has 4 aliphatic rings. The topological polar surface area (TPSA) is 54.9 Å². The van der Waals surface area contributed by atoms with Crippen LogP contribution in [0.5, 0.6) is 5.75 Å². The molecule has 150 valence electrons. The second kappa shape index (κ2) is 8.40. The average molecular weight is 393 g/mol. The largest absolute Gasteiger partial charge is 1.00 e. The molecule has 4 aliphatic carbocycles. The molecule has 4 fully saturated rings. The van der Waals surface area contributed by atoms with Crippen molar-refractivity contribution >= 4 is 11.6 Å². The number of aryl methyl sites for hydroxylation is 1. The van der Waals surface area contributed by atoms with Crippen LogP contribution >= 0.6 is 0 Å². The van der Waals surface area contributed by atoms with Gasteiger partial charge in [-0.2, -0.15) is 0 Å². The number of amides is 1. The number of rotatable bonds is 7. The Morgan fingerprint density at radius 2 is 1.81 bits per heavy atom. The molecule has 1 aromatic carbocycles. The summed E-state index contributed by atoms with van der Waals surface area (Å²) in [5.41, 5.74) is 2.29. The minimum absolute atomic E-state index is 0. The van der Waals surface area contributed by atoms with E-state index in [1.54, 1.807) is 0 Å². The van der Waals surface area contributed by atoms with Gasteiger partial charge < -0.3 is 27.8 Å². The minimum atomic E-state index is 0. The highest BCUT2D eigenvalue weighted by molar-refractivity contribution is 5.92. The molecule has 3 N–H and O–H groups in total. The fraction of sp³-hybridized carbons (Fsp3) is 0.682. The number of benzene rings is 1. The van der Waals surface area contributed by atoms with Crippen LogP contribution in [0.3, 0.4) is 0 Å². The van der Waals surface area contributed by atoms with Gasteiger partial charge in [-0.25, -0.2) is 0 Å². The number of anilines is 1. The number of hydrogen-bond acceptors (Lipinski definition) is 2. The normalized spacial score (nSPS) is 30.7. The van der Waals surface area contributed by atoms with Gasteiger partial charge in [0.25, 0.3) is 0 Å². The Morgan fingerprint density at radius 3 is 2.41 bits per heavy atom. The first-order valence-corrected chi connectivity index (χ1v) is 10.4. The van der Waals surface area contributed by atoms with Crippen molar-refractivity contribution in [1.29, 1.82) is 0 Å². The Bertz CT molecular complexity index is 641. The van der Waals surface area contributed by atoms with Crippen LogP contribution in [0.1, 0.15) is 50.5 Å². The highest BCUT2D eigenvalue weighted by Crippen LogP contribution is 2.61. The van der Waals surface area contributed by atoms with E-state index >= 15 is 0 Å². The molecule has 1 amide bonds. The first-order valence-electron chi connectivity index (χ1n) is 10.4. The quantitative estimate of drug-likeness (QED) is 0.647. The zero-order chi connectivity index (χ0) is 18.1. The van der Waals surface area contributed by atoms with Gasteiger partial charge in [0.15, 0.2) is 0 Å². The van der Waals surface area contributed by atoms with Crippen molar-refractivity contribution in [3.63, 3.8) is 0 Å². The van der Waals surface area contributed by atoms with Gasteiger partial charge in [0.05, 0.1) is 7.05 Å². The van der Waals surface area contributed by atoms with E-state index in [-0.39, 0.29) is 23.7 Å². The predicted molar refractivity (Wildman–Crippen MR) is 103 cm³/mol. The number of carbonyl (C=O) groups excluding carboxylic acids is 1. The number of likely N-dealkylation sites (N-methyl/N-ethyl adjacent to an activating group) is 1. The van der Waals surface area contributed by atoms with E-state index in [4.69, 9.17) is 4.74 Å². The van der Waals surface area contributed by atoms with E-state index in [0.717, 1.165) is 41.3 Å². The number of quaternary nitrogens is 1. The van der Waals surface area contributed by atoms with E-state index in [0.29, 0.717) is 13.0 Å². The van der Waals surface area contributed by atoms with Crippen LogP contribution in [0.4, 0.5) is 5.69 Å². The smallest absolute Gasteiger partial charge is 0.224 e. The lowest BCUT2D eigenvalue weighted by Gasteiger charge is -2.56. The summed E-state index contributed by atoms with van der Waals surface area (Å²) >= 11 is 0. The van der Waals surface area contributed by atoms with E-state index < -0.39 is 0 Å². The Kier molecular flexibility index (Phi) is 6.37. The summed E-state index contributed by atoms with van der Waals surface area (Å²) in [4.78, 5) is 12.9. The van der Waals surface area contributed by atoms with E-state index in [9.17, 15) is 4.79 Å². The molecule has 0 unspecified atom stereocenters. The summed E-state index contributed by atoms with van der Waals surface area (Å²) in [5, 5.41) is 5.29. The van der Waals surface area contributed by atoms with Crippen molar-refractivity contribution in [3.8, 4) is 5.75 Å². The number of nitrogens with one attached hydrogen (secondary N) is 1. The molecule has 0 aromatic heterocycles. The third-order valence-corrected chi connectivity index (χ3v) is 6.86. The fourth-order valence-corrected chi connectivity index (χ4v) is 6.16. The first kappa shape index (κ1) is 20.5. The summed E-state index contributed by atoms with van der Waals surface area (Å²) < 4.78 is 5.78. The monoisotopic (exact) mass is 392 g/mol. The second-order valence-corrected chi connectivity index (χ2v) is 9.16. The lowest BCUT2D eigenvalue weighted by molar-refractivity contribution is -0.627. The predicted octanol–water partition coefficient (Wildman–Crippen LogP) is 0.116. The van der Waals surface area contributed by atoms with Crippen LogP contribution in [-0.4, -0.2) is 26.1 Å². The van der Waals surface area contributed by atoms with Crippen LogP contribution < -0.4 is 27.8 Å². The molecular weight excluding hydrogens is 360 g/mol. The molecule has 27 heavy (non-hydrogen) atoms. The van der Waals surface area contributed by atoms with Crippen molar-refractivity contribution in [2.75, 3.05) is 25.5 Å². The molecule has 0 heterocycles. The third kappa shape index (κ3) is 4.60. The molecule has 4 nitrogen and oxygen atoms in total. The zero-order valence-corrected chi connectivity index (χ0v) is 17.4. The number of carbonyl (C=O) groups is 1. The van der Waals surface area contributed by atoms with Gasteiger partial charge in [-0.05, 0) is 80.2 Å². The Morgan fingerprint density at radius 1 is 1.19 bits per heavy atom. The second-order valence-electron chi connectivity index (χ2n) is 9.16. The van der Waals surface area contributed by atoms with Crippen LogP contribution in [0.2, 0.25) is 0 Å². The summed E-state index contributed by atoms with van der Waals surface area (Å²) in [6.07, 6.45) is 8.82. The maximum Gasteiger partial charge on any atom is 0.224 e. The van der Waals surface area contributed by atoms with Gasteiger partial charge in [-0.15, -0.1) is 0 Å². The Balaban J connectivity index is 0.00000210. The molecule has 5 heteroatoms. The highest BCUT2D eigenvalue weighted by atomic mass is 35.5. The van der Waals surface area contributed by atoms with Gasteiger partial charge in [-0.1, -0.05) is 6.07 Å². The van der Waals surface area contributed by atoms with Gasteiger partial charge in [0, 0.05) is 18.2 Å². The molecule has 0 saturated heterocycles. The molecule has 0 aliphatic heterocycles. The summed E-state index contributed by atoms with van der Waals surface area (Å²) in [5.74, 6) is 3.70. The number of hydrogen-bond donors (Lipinski definition) is 2. The molecule has 0 spiro atoms. The number of nitrogens with two attached hydrogens (primary N) is 1. The fourth-order valence-electron chi connectivity index (χ4n) is 6.16. The third-order valence-electron chi connectivity index (χ3n) is 6.86. The van der Waals surface area contributed by atoms with Crippen molar-refractivity contribution in [3.05, 3.63) is 23.8 Å². The SMILES string of the molecule is C[NH2+]CCOc1ccc(C)c(NC(=O)CC23CC4CC(CC(C4)C2)C3)c1.[Cl-]. The molecule has 4 saturated carbocycles. The molecular formula is C22H33ClN2O2. The van der Waals surface area contributed by atoms with Gasteiger partial charge in [0.2, 0.25) is 5.91 Å². The minimum Gasteiger partial charge on any atom is -1.00 e. The number of halogens is 1. The molecule has 5 rings (SSSR count). The van der Waals surface area contributed by atoms with Crippen molar-refractivity contribution in [2.24, 2.45) is 23.2 Å². The van der Waals surface area contributed by atoms with Crippen molar-refractivity contribution in [1.82, 2.24) is 0 Å². The van der Waals surface area contributed by atoms with Gasteiger partial charge in [0.1, 0.15) is 18.9 Å². The standard InChI is InChI=1S/C22H32N2O2.ClH/c1-15-3-4-19(26-6-5-23-2)10-20(15)24-21(25)14-22-11-16-7-17(12-22)9-18(8-16)13-22;/h3-4,10,16-18,23H,5-9,11-14H2,1-2H3,(H,24,25);1H. The van der Waals surface area contributed by atoms with Crippen LogP contribution in [0.25, 0.3) is 0 Å². The van der Waals surface area contributed by atoms with E-state index in [1.165, 1.54) is 38.5 Å². The summed E-state index contributed by atoms with van der Waals surface area (Å²) in [6, 6.07) is 5.99. The highest BCUT2D eigenvalue weighted by Gasteiger charge is 2.51. The molecule has 4 bridgehead atoms.